The molecule has 0 aromatic rings. The zero-order valence-corrected chi connectivity index (χ0v) is 7.08. The highest BCUT2D eigenvalue weighted by Gasteiger charge is 2.55. The van der Waals surface area contributed by atoms with Gasteiger partial charge in [0.25, 0.3) is 0 Å². The lowest BCUT2D eigenvalue weighted by Crippen LogP contribution is -2.28. The molecule has 64 valence electrons. The van der Waals surface area contributed by atoms with Gasteiger partial charge in [0.15, 0.2) is 0 Å². The summed E-state index contributed by atoms with van der Waals surface area (Å²) in [6.07, 6.45) is 4.90. The molecule has 3 atom stereocenters. The molecule has 1 saturated carbocycles. The number of ether oxygens (including phenoxy) is 2. The van der Waals surface area contributed by atoms with Gasteiger partial charge in [-0.15, -0.1) is 0 Å². The number of epoxide rings is 1. The average molecular weight is 156 g/mol. The molecule has 2 rings (SSSR count). The summed E-state index contributed by atoms with van der Waals surface area (Å²) in [5, 5.41) is 0. The molecular weight excluding hydrogens is 140 g/mol. The Morgan fingerprint density at radius 2 is 2.45 bits per heavy atom. The van der Waals surface area contributed by atoms with Gasteiger partial charge < -0.3 is 9.47 Å². The van der Waals surface area contributed by atoms with Crippen LogP contribution in [0, 0.1) is 5.92 Å². The number of hydrogen-bond acceptors (Lipinski definition) is 2. The summed E-state index contributed by atoms with van der Waals surface area (Å²) < 4.78 is 10.8. The Morgan fingerprint density at radius 1 is 1.55 bits per heavy atom. The lowest BCUT2D eigenvalue weighted by molar-refractivity contribution is 0.0791. The fourth-order valence-corrected chi connectivity index (χ4v) is 1.64. The van der Waals surface area contributed by atoms with Crippen molar-refractivity contribution in [2.45, 2.75) is 38.4 Å². The molecule has 2 fully saturated rings. The van der Waals surface area contributed by atoms with Crippen molar-refractivity contribution in [1.29, 1.82) is 0 Å². The molecule has 0 aromatic carbocycles. The van der Waals surface area contributed by atoms with Crippen molar-refractivity contribution in [2.75, 3.05) is 13.2 Å². The zero-order valence-electron chi connectivity index (χ0n) is 7.08. The molecule has 0 aromatic heterocycles. The lowest BCUT2D eigenvalue weighted by atomic mass is 9.86. The largest absolute Gasteiger partial charge is 0.381 e. The Labute approximate surface area is 67.9 Å². The normalized spacial score (nSPS) is 39.5. The molecule has 1 aliphatic heterocycles. The van der Waals surface area contributed by atoms with Crippen LogP contribution < -0.4 is 0 Å². The maximum atomic E-state index is 5.50. The van der Waals surface area contributed by atoms with Crippen molar-refractivity contribution >= 4 is 0 Å². The summed E-state index contributed by atoms with van der Waals surface area (Å²) in [5.74, 6) is 0.733. The first-order valence-electron chi connectivity index (χ1n) is 4.65. The molecule has 1 heterocycles. The van der Waals surface area contributed by atoms with E-state index in [0.717, 1.165) is 19.1 Å². The summed E-state index contributed by atoms with van der Waals surface area (Å²) in [4.78, 5) is 0. The Kier molecular flexibility index (Phi) is 2.14. The van der Waals surface area contributed by atoms with Crippen molar-refractivity contribution in [3.63, 3.8) is 0 Å². The van der Waals surface area contributed by atoms with Crippen molar-refractivity contribution in [3.05, 3.63) is 0 Å². The second-order valence-electron chi connectivity index (χ2n) is 3.56. The Hall–Kier alpha value is -0.0800. The second-order valence-corrected chi connectivity index (χ2v) is 3.56. The van der Waals surface area contributed by atoms with Gasteiger partial charge in [-0.25, -0.2) is 0 Å². The number of hydrogen-bond donors (Lipinski definition) is 0. The van der Waals surface area contributed by atoms with Crippen LogP contribution in [0.15, 0.2) is 0 Å². The SMILES string of the molecule is CCCCOC[C@H]1C[C@@H]2O[C@H]12. The van der Waals surface area contributed by atoms with Crippen LogP contribution in [-0.2, 0) is 9.47 Å². The smallest absolute Gasteiger partial charge is 0.0893 e. The predicted octanol–water partition coefficient (Wildman–Crippen LogP) is 1.59. The quantitative estimate of drug-likeness (QED) is 0.445. The minimum absolute atomic E-state index is 0.594. The molecule has 2 heteroatoms. The van der Waals surface area contributed by atoms with Crippen LogP contribution in [0.25, 0.3) is 0 Å². The van der Waals surface area contributed by atoms with Gasteiger partial charge in [-0.05, 0) is 12.8 Å². The highest BCUT2D eigenvalue weighted by atomic mass is 16.6. The van der Waals surface area contributed by atoms with Crippen molar-refractivity contribution < 1.29 is 9.47 Å². The summed E-state index contributed by atoms with van der Waals surface area (Å²) in [7, 11) is 0. The summed E-state index contributed by atoms with van der Waals surface area (Å²) >= 11 is 0. The van der Waals surface area contributed by atoms with E-state index >= 15 is 0 Å². The molecule has 0 spiro atoms. The minimum atomic E-state index is 0.594. The van der Waals surface area contributed by atoms with E-state index in [0.29, 0.717) is 12.2 Å². The fourth-order valence-electron chi connectivity index (χ4n) is 1.64. The van der Waals surface area contributed by atoms with Crippen LogP contribution >= 0.6 is 0 Å². The molecule has 2 nitrogen and oxygen atoms in total. The van der Waals surface area contributed by atoms with Gasteiger partial charge in [-0.2, -0.15) is 0 Å². The van der Waals surface area contributed by atoms with Gasteiger partial charge in [0.1, 0.15) is 0 Å². The number of rotatable bonds is 5. The Bertz CT molecular complexity index is 136. The number of fused-ring (bicyclic) bond motifs is 1. The summed E-state index contributed by atoms with van der Waals surface area (Å²) in [6.45, 7) is 4.05. The van der Waals surface area contributed by atoms with Crippen LogP contribution in [0.1, 0.15) is 26.2 Å². The highest BCUT2D eigenvalue weighted by molar-refractivity contribution is 5.02. The van der Waals surface area contributed by atoms with Crippen LogP contribution in [0.3, 0.4) is 0 Å². The summed E-state index contributed by atoms with van der Waals surface area (Å²) in [5.41, 5.74) is 0. The maximum absolute atomic E-state index is 5.50. The molecule has 2 aliphatic rings. The van der Waals surface area contributed by atoms with E-state index in [4.69, 9.17) is 9.47 Å². The molecule has 1 aliphatic carbocycles. The van der Waals surface area contributed by atoms with E-state index in [1.807, 2.05) is 0 Å². The van der Waals surface area contributed by atoms with Gasteiger partial charge in [0.2, 0.25) is 0 Å². The third-order valence-corrected chi connectivity index (χ3v) is 2.60. The van der Waals surface area contributed by atoms with Crippen LogP contribution in [-0.4, -0.2) is 25.4 Å². The average Bonchev–Trinajstić information content (AvgIpc) is 2.62. The number of unbranched alkanes of at least 4 members (excludes halogenated alkanes) is 1. The highest BCUT2D eigenvalue weighted by Crippen LogP contribution is 2.46. The van der Waals surface area contributed by atoms with Gasteiger partial charge in [0, 0.05) is 12.5 Å². The van der Waals surface area contributed by atoms with E-state index in [2.05, 4.69) is 6.92 Å². The molecule has 0 amide bonds. The molecule has 11 heavy (non-hydrogen) atoms. The molecule has 0 unspecified atom stereocenters. The van der Waals surface area contributed by atoms with Crippen LogP contribution in [0.4, 0.5) is 0 Å². The predicted molar refractivity (Wildman–Crippen MR) is 42.5 cm³/mol. The fraction of sp³-hybridized carbons (Fsp3) is 1.00. The zero-order chi connectivity index (χ0) is 7.68. The van der Waals surface area contributed by atoms with Crippen molar-refractivity contribution in [2.24, 2.45) is 5.92 Å². The van der Waals surface area contributed by atoms with Gasteiger partial charge >= 0.3 is 0 Å². The molecule has 1 saturated heterocycles. The van der Waals surface area contributed by atoms with Gasteiger partial charge in [-0.1, -0.05) is 13.3 Å². The second kappa shape index (κ2) is 3.11. The first-order chi connectivity index (χ1) is 5.42. The monoisotopic (exact) mass is 156 g/mol. The maximum Gasteiger partial charge on any atom is 0.0893 e. The van der Waals surface area contributed by atoms with Crippen molar-refractivity contribution in [1.82, 2.24) is 0 Å². The molecule has 0 radical (unpaired) electrons. The topological polar surface area (TPSA) is 21.8 Å². The third-order valence-electron chi connectivity index (χ3n) is 2.60. The third kappa shape index (κ3) is 1.57. The van der Waals surface area contributed by atoms with Gasteiger partial charge in [-0.3, -0.25) is 0 Å². The van der Waals surface area contributed by atoms with E-state index in [1.54, 1.807) is 0 Å². The van der Waals surface area contributed by atoms with E-state index in [-0.39, 0.29) is 0 Å². The first-order valence-corrected chi connectivity index (χ1v) is 4.65. The first kappa shape index (κ1) is 7.56. The van der Waals surface area contributed by atoms with E-state index in [9.17, 15) is 0 Å². The minimum Gasteiger partial charge on any atom is -0.381 e. The van der Waals surface area contributed by atoms with Crippen LogP contribution in [0.5, 0.6) is 0 Å². The van der Waals surface area contributed by atoms with E-state index < -0.39 is 0 Å². The Morgan fingerprint density at radius 3 is 3.00 bits per heavy atom. The van der Waals surface area contributed by atoms with Crippen molar-refractivity contribution in [3.8, 4) is 0 Å². The molecule has 0 bridgehead atoms. The standard InChI is InChI=1S/C9H16O2/c1-2-3-4-10-6-7-5-8-9(7)11-8/h7-9H,2-6H2,1H3/t7-,8+,9-/m1/s1. The van der Waals surface area contributed by atoms with Gasteiger partial charge in [0.05, 0.1) is 18.8 Å². The molecule has 0 N–H and O–H groups in total. The summed E-state index contributed by atoms with van der Waals surface area (Å²) in [6, 6.07) is 0. The molecular formula is C9H16O2. The Balaban J connectivity index is 1.47. The lowest BCUT2D eigenvalue weighted by Gasteiger charge is -2.19. The van der Waals surface area contributed by atoms with E-state index in [1.165, 1.54) is 19.3 Å². The van der Waals surface area contributed by atoms with Crippen LogP contribution in [0.2, 0.25) is 0 Å².